The van der Waals surface area contributed by atoms with Gasteiger partial charge in [-0.3, -0.25) is 5.10 Å². The third-order valence-electron chi connectivity index (χ3n) is 4.56. The van der Waals surface area contributed by atoms with Crippen LogP contribution in [0.3, 0.4) is 0 Å². The van der Waals surface area contributed by atoms with E-state index in [9.17, 15) is 4.79 Å². The van der Waals surface area contributed by atoms with Crippen molar-refractivity contribution >= 4 is 23.4 Å². The minimum atomic E-state index is -1.06. The lowest BCUT2D eigenvalue weighted by Gasteiger charge is -2.27. The van der Waals surface area contributed by atoms with Gasteiger partial charge in [-0.1, -0.05) is 35.2 Å². The zero-order valence-corrected chi connectivity index (χ0v) is 15.1. The maximum atomic E-state index is 11.1. The number of H-pyrrole nitrogens is 1. The van der Waals surface area contributed by atoms with Gasteiger partial charge in [-0.2, -0.15) is 0 Å². The molecule has 0 aliphatic carbocycles. The van der Waals surface area contributed by atoms with E-state index in [1.54, 1.807) is 0 Å². The molecule has 3 aromatic rings. The van der Waals surface area contributed by atoms with Crippen molar-refractivity contribution in [3.05, 3.63) is 53.7 Å². The van der Waals surface area contributed by atoms with Crippen LogP contribution < -0.4 is 4.90 Å². The van der Waals surface area contributed by atoms with E-state index in [2.05, 4.69) is 57.7 Å². The van der Waals surface area contributed by atoms with Crippen molar-refractivity contribution < 1.29 is 9.90 Å². The number of hydrogen-bond acceptors (Lipinski definition) is 5. The van der Waals surface area contributed by atoms with Crippen LogP contribution in [0.2, 0.25) is 0 Å². The highest BCUT2D eigenvalue weighted by molar-refractivity contribution is 7.99. The summed E-state index contributed by atoms with van der Waals surface area (Å²) in [5.74, 6) is -1.06. The predicted octanol–water partition coefficient (Wildman–Crippen LogP) is 3.70. The molecule has 0 bridgehead atoms. The zero-order valence-electron chi connectivity index (χ0n) is 14.3. The SMILES string of the molecule is CN1CCCc2cc(-c3ccc(Sc4nn[nH]c4C(=O)O)cc3)ccc21. The first-order chi connectivity index (χ1) is 12.6. The highest BCUT2D eigenvalue weighted by Gasteiger charge is 2.16. The summed E-state index contributed by atoms with van der Waals surface area (Å²) in [4.78, 5) is 14.3. The van der Waals surface area contributed by atoms with Gasteiger partial charge in [0.1, 0.15) is 0 Å². The van der Waals surface area contributed by atoms with E-state index in [0.717, 1.165) is 23.4 Å². The molecule has 2 aromatic carbocycles. The second-order valence-corrected chi connectivity index (χ2v) is 7.35. The van der Waals surface area contributed by atoms with Gasteiger partial charge in [0, 0.05) is 24.2 Å². The largest absolute Gasteiger partial charge is 0.476 e. The van der Waals surface area contributed by atoms with Gasteiger partial charge >= 0.3 is 5.97 Å². The molecular weight excluding hydrogens is 348 g/mol. The van der Waals surface area contributed by atoms with Crippen LogP contribution in [0.1, 0.15) is 22.5 Å². The number of benzene rings is 2. The van der Waals surface area contributed by atoms with Crippen LogP contribution in [0.4, 0.5) is 5.69 Å². The number of fused-ring (bicyclic) bond motifs is 1. The molecule has 6 nitrogen and oxygen atoms in total. The quantitative estimate of drug-likeness (QED) is 0.733. The van der Waals surface area contributed by atoms with Gasteiger partial charge in [0.05, 0.1) is 0 Å². The highest BCUT2D eigenvalue weighted by atomic mass is 32.2. The molecule has 0 spiro atoms. The molecular formula is C19H18N4O2S. The minimum absolute atomic E-state index is 0.0119. The number of carboxylic acids is 1. The molecule has 0 atom stereocenters. The molecule has 1 aliphatic rings. The molecule has 0 amide bonds. The molecule has 1 aromatic heterocycles. The van der Waals surface area contributed by atoms with Crippen LogP contribution >= 0.6 is 11.8 Å². The molecule has 1 aliphatic heterocycles. The number of aromatic amines is 1. The summed E-state index contributed by atoms with van der Waals surface area (Å²) in [6.45, 7) is 1.11. The standard InChI is InChI=1S/C19H18N4O2S/c1-23-10-2-3-14-11-13(6-9-16(14)23)12-4-7-15(8-5-12)26-18-17(19(24)25)20-22-21-18/h4-9,11H,2-3,10H2,1H3,(H,24,25)(H,20,21,22). The Labute approximate surface area is 155 Å². The normalized spacial score (nSPS) is 13.5. The van der Waals surface area contributed by atoms with E-state index in [1.165, 1.54) is 35.0 Å². The maximum Gasteiger partial charge on any atom is 0.356 e. The minimum Gasteiger partial charge on any atom is -0.476 e. The van der Waals surface area contributed by atoms with Gasteiger partial charge in [-0.15, -0.1) is 5.10 Å². The van der Waals surface area contributed by atoms with Crippen LogP contribution in [0.25, 0.3) is 11.1 Å². The fourth-order valence-electron chi connectivity index (χ4n) is 3.22. The van der Waals surface area contributed by atoms with Crippen molar-refractivity contribution in [2.75, 3.05) is 18.5 Å². The summed E-state index contributed by atoms with van der Waals surface area (Å²) in [5, 5.41) is 19.3. The van der Waals surface area contributed by atoms with Crippen LogP contribution in [0, 0.1) is 0 Å². The first-order valence-electron chi connectivity index (χ1n) is 8.38. The third-order valence-corrected chi connectivity index (χ3v) is 5.55. The van der Waals surface area contributed by atoms with Gasteiger partial charge in [0.15, 0.2) is 10.7 Å². The lowest BCUT2D eigenvalue weighted by atomic mass is 9.96. The van der Waals surface area contributed by atoms with E-state index < -0.39 is 5.97 Å². The van der Waals surface area contributed by atoms with Gasteiger partial charge in [-0.05, 0) is 53.8 Å². The van der Waals surface area contributed by atoms with Crippen LogP contribution in [-0.4, -0.2) is 40.1 Å². The topological polar surface area (TPSA) is 82.1 Å². The van der Waals surface area contributed by atoms with Crippen molar-refractivity contribution in [1.29, 1.82) is 0 Å². The molecule has 2 N–H and O–H groups in total. The molecule has 132 valence electrons. The molecule has 0 saturated heterocycles. The van der Waals surface area contributed by atoms with Crippen molar-refractivity contribution in [3.63, 3.8) is 0 Å². The number of hydrogen-bond donors (Lipinski definition) is 2. The zero-order chi connectivity index (χ0) is 18.1. The Hall–Kier alpha value is -2.80. The van der Waals surface area contributed by atoms with Crippen molar-refractivity contribution in [3.8, 4) is 11.1 Å². The number of nitrogens with one attached hydrogen (secondary N) is 1. The number of aromatic nitrogens is 3. The van der Waals surface area contributed by atoms with E-state index in [0.29, 0.717) is 5.03 Å². The van der Waals surface area contributed by atoms with E-state index in [-0.39, 0.29) is 5.69 Å². The predicted molar refractivity (Wildman–Crippen MR) is 101 cm³/mol. The van der Waals surface area contributed by atoms with Gasteiger partial charge in [0.2, 0.25) is 0 Å². The molecule has 0 radical (unpaired) electrons. The average molecular weight is 366 g/mol. The highest BCUT2D eigenvalue weighted by Crippen LogP contribution is 2.33. The first kappa shape index (κ1) is 16.7. The summed E-state index contributed by atoms with van der Waals surface area (Å²) in [7, 11) is 2.14. The number of anilines is 1. The summed E-state index contributed by atoms with van der Waals surface area (Å²) >= 11 is 1.28. The number of carbonyl (C=O) groups is 1. The van der Waals surface area contributed by atoms with Crippen molar-refractivity contribution in [1.82, 2.24) is 15.4 Å². The Morgan fingerprint density at radius 2 is 1.96 bits per heavy atom. The maximum absolute atomic E-state index is 11.1. The lowest BCUT2D eigenvalue weighted by Crippen LogP contribution is -2.24. The molecule has 0 saturated carbocycles. The number of aromatic carboxylic acids is 1. The number of nitrogens with zero attached hydrogens (tertiary/aromatic N) is 3. The van der Waals surface area contributed by atoms with E-state index >= 15 is 0 Å². The fraction of sp³-hybridized carbons (Fsp3) is 0.211. The average Bonchev–Trinajstić information content (AvgIpc) is 3.11. The molecule has 2 heterocycles. The first-order valence-corrected chi connectivity index (χ1v) is 9.20. The Bertz CT molecular complexity index is 952. The van der Waals surface area contributed by atoms with Gasteiger partial charge in [-0.25, -0.2) is 4.79 Å². The summed E-state index contributed by atoms with van der Waals surface area (Å²) in [6, 6.07) is 14.7. The smallest absolute Gasteiger partial charge is 0.356 e. The number of aryl methyl sites for hydroxylation is 1. The Morgan fingerprint density at radius 3 is 2.73 bits per heavy atom. The van der Waals surface area contributed by atoms with E-state index in [4.69, 9.17) is 5.11 Å². The van der Waals surface area contributed by atoms with Crippen LogP contribution in [0.15, 0.2) is 52.4 Å². The Kier molecular flexibility index (Phi) is 4.38. The lowest BCUT2D eigenvalue weighted by molar-refractivity contribution is 0.0686. The second kappa shape index (κ2) is 6.84. The Balaban J connectivity index is 1.56. The summed E-state index contributed by atoms with van der Waals surface area (Å²) in [6.07, 6.45) is 2.30. The molecule has 7 heteroatoms. The van der Waals surface area contributed by atoms with Crippen molar-refractivity contribution in [2.45, 2.75) is 22.8 Å². The molecule has 26 heavy (non-hydrogen) atoms. The number of rotatable bonds is 4. The Morgan fingerprint density at radius 1 is 1.19 bits per heavy atom. The molecule has 4 rings (SSSR count). The van der Waals surface area contributed by atoms with Crippen LogP contribution in [-0.2, 0) is 6.42 Å². The second-order valence-electron chi connectivity index (χ2n) is 6.29. The molecule has 0 unspecified atom stereocenters. The summed E-state index contributed by atoms with van der Waals surface area (Å²) < 4.78 is 0. The van der Waals surface area contributed by atoms with Gasteiger partial charge in [0.25, 0.3) is 0 Å². The van der Waals surface area contributed by atoms with Crippen LogP contribution in [0.5, 0.6) is 0 Å². The van der Waals surface area contributed by atoms with E-state index in [1.807, 2.05) is 12.1 Å². The van der Waals surface area contributed by atoms with Gasteiger partial charge < -0.3 is 10.0 Å². The monoisotopic (exact) mass is 366 g/mol. The summed E-state index contributed by atoms with van der Waals surface area (Å²) in [5.41, 5.74) is 5.06. The number of carboxylic acid groups (broad SMARTS) is 1. The fourth-order valence-corrected chi connectivity index (χ4v) is 4.03. The molecule has 0 fully saturated rings. The van der Waals surface area contributed by atoms with Crippen molar-refractivity contribution in [2.24, 2.45) is 0 Å². The third kappa shape index (κ3) is 3.17.